The molecule has 1 heterocycles. The average Bonchev–Trinajstić information content (AvgIpc) is 2.48. The van der Waals surface area contributed by atoms with Crippen LogP contribution >= 0.6 is 0 Å². The Labute approximate surface area is 142 Å². The molecular formula is C17H26N4O3. The van der Waals surface area contributed by atoms with Crippen LogP contribution < -0.4 is 5.73 Å². The van der Waals surface area contributed by atoms with Crippen LogP contribution in [-0.4, -0.2) is 58.7 Å². The molecule has 0 spiro atoms. The highest BCUT2D eigenvalue weighted by Crippen LogP contribution is 2.28. The highest BCUT2D eigenvalue weighted by molar-refractivity contribution is 5.86. The van der Waals surface area contributed by atoms with Gasteiger partial charge < -0.3 is 20.6 Å². The van der Waals surface area contributed by atoms with E-state index in [1.165, 1.54) is 0 Å². The Morgan fingerprint density at radius 3 is 2.46 bits per heavy atom. The molecule has 1 aliphatic heterocycles. The predicted octanol–water partition coefficient (Wildman–Crippen LogP) is 2.03. The first kappa shape index (κ1) is 18.1. The third-order valence-corrected chi connectivity index (χ3v) is 4.00. The van der Waals surface area contributed by atoms with E-state index in [9.17, 15) is 4.79 Å². The van der Waals surface area contributed by atoms with Gasteiger partial charge in [-0.1, -0.05) is 35.5 Å². The van der Waals surface area contributed by atoms with Gasteiger partial charge in [0.25, 0.3) is 0 Å². The summed E-state index contributed by atoms with van der Waals surface area (Å²) >= 11 is 0. The number of hydrogen-bond donors (Lipinski definition) is 2. The summed E-state index contributed by atoms with van der Waals surface area (Å²) < 4.78 is 5.39. The molecule has 0 bridgehead atoms. The number of amides is 1. The molecule has 1 atom stereocenters. The van der Waals surface area contributed by atoms with E-state index in [2.05, 4.69) is 10.1 Å². The number of amidine groups is 1. The molecule has 0 saturated carbocycles. The molecule has 132 valence electrons. The molecule has 1 aliphatic rings. The van der Waals surface area contributed by atoms with Crippen LogP contribution in [0.25, 0.3) is 0 Å². The van der Waals surface area contributed by atoms with Crippen LogP contribution in [-0.2, 0) is 4.74 Å². The third kappa shape index (κ3) is 4.17. The number of carbonyl (C=O) groups excluding carboxylic acids is 1. The quantitative estimate of drug-likeness (QED) is 0.380. The maximum Gasteiger partial charge on any atom is 0.410 e. The zero-order chi connectivity index (χ0) is 17.9. The summed E-state index contributed by atoms with van der Waals surface area (Å²) in [5, 5.41) is 12.2. The van der Waals surface area contributed by atoms with Gasteiger partial charge in [-0.3, -0.25) is 4.90 Å². The SMILES string of the molecule is CN(C(=O)OC(C)(C)C)C1CN(C(/C(N)=N/O)c2ccccc2)C1. The van der Waals surface area contributed by atoms with Gasteiger partial charge in [0.15, 0.2) is 5.84 Å². The first-order valence-corrected chi connectivity index (χ1v) is 7.95. The van der Waals surface area contributed by atoms with Crippen LogP contribution in [0.5, 0.6) is 0 Å². The van der Waals surface area contributed by atoms with Crippen molar-refractivity contribution in [3.63, 3.8) is 0 Å². The van der Waals surface area contributed by atoms with Gasteiger partial charge in [-0.25, -0.2) is 4.79 Å². The summed E-state index contributed by atoms with van der Waals surface area (Å²) in [6.45, 7) is 6.79. The van der Waals surface area contributed by atoms with Crippen molar-refractivity contribution in [2.24, 2.45) is 10.9 Å². The molecule has 1 aromatic rings. The molecule has 24 heavy (non-hydrogen) atoms. The second-order valence-electron chi connectivity index (χ2n) is 7.04. The Bertz CT molecular complexity index is 592. The minimum absolute atomic E-state index is 0.0394. The molecule has 0 aliphatic carbocycles. The van der Waals surface area contributed by atoms with Crippen LogP contribution in [0.3, 0.4) is 0 Å². The summed E-state index contributed by atoms with van der Waals surface area (Å²) in [5.74, 6) is 0.138. The van der Waals surface area contributed by atoms with E-state index < -0.39 is 5.60 Å². The molecule has 1 amide bonds. The van der Waals surface area contributed by atoms with Gasteiger partial charge in [0.1, 0.15) is 5.60 Å². The number of carbonyl (C=O) groups is 1. The largest absolute Gasteiger partial charge is 0.444 e. The number of likely N-dealkylation sites (tertiary alicyclic amines) is 1. The maximum absolute atomic E-state index is 12.1. The predicted molar refractivity (Wildman–Crippen MR) is 91.9 cm³/mol. The molecule has 1 fully saturated rings. The smallest absolute Gasteiger partial charge is 0.410 e. The van der Waals surface area contributed by atoms with Crippen molar-refractivity contribution in [2.75, 3.05) is 20.1 Å². The molecule has 0 radical (unpaired) electrons. The molecule has 1 unspecified atom stereocenters. The minimum Gasteiger partial charge on any atom is -0.444 e. The summed E-state index contributed by atoms with van der Waals surface area (Å²) in [6.07, 6.45) is -0.341. The lowest BCUT2D eigenvalue weighted by Crippen LogP contribution is -2.62. The number of nitrogens with two attached hydrogens (primary N) is 1. The van der Waals surface area contributed by atoms with Crippen LogP contribution in [0.1, 0.15) is 32.4 Å². The normalized spacial score (nSPS) is 17.9. The zero-order valence-electron chi connectivity index (χ0n) is 14.6. The molecule has 3 N–H and O–H groups in total. The number of oxime groups is 1. The number of ether oxygens (including phenoxy) is 1. The molecule has 0 aromatic heterocycles. The van der Waals surface area contributed by atoms with Gasteiger partial charge in [-0.15, -0.1) is 0 Å². The molecular weight excluding hydrogens is 308 g/mol. The van der Waals surface area contributed by atoms with Crippen molar-refractivity contribution < 1.29 is 14.7 Å². The summed E-state index contributed by atoms with van der Waals surface area (Å²) in [6, 6.07) is 9.36. The van der Waals surface area contributed by atoms with E-state index >= 15 is 0 Å². The van der Waals surface area contributed by atoms with Crippen LogP contribution in [0.2, 0.25) is 0 Å². The van der Waals surface area contributed by atoms with E-state index in [4.69, 9.17) is 15.7 Å². The topological polar surface area (TPSA) is 91.4 Å². The maximum atomic E-state index is 12.1. The number of benzene rings is 1. The lowest BCUT2D eigenvalue weighted by Gasteiger charge is -2.47. The van der Waals surface area contributed by atoms with Crippen molar-refractivity contribution in [1.82, 2.24) is 9.80 Å². The standard InChI is InChI=1S/C17H26N4O3/c1-17(2,3)24-16(22)20(4)13-10-21(11-13)14(15(18)19-23)12-8-6-5-7-9-12/h5-9,13-14,23H,10-11H2,1-4H3,(H2,18,19). The number of nitrogens with zero attached hydrogens (tertiary/aromatic N) is 3. The van der Waals surface area contributed by atoms with Crippen molar-refractivity contribution in [3.8, 4) is 0 Å². The molecule has 7 heteroatoms. The molecule has 7 nitrogen and oxygen atoms in total. The second kappa shape index (κ2) is 7.09. The summed E-state index contributed by atoms with van der Waals surface area (Å²) in [5.41, 5.74) is 6.31. The fraction of sp³-hybridized carbons (Fsp3) is 0.529. The van der Waals surface area contributed by atoms with Crippen molar-refractivity contribution >= 4 is 11.9 Å². The number of hydrogen-bond acceptors (Lipinski definition) is 5. The van der Waals surface area contributed by atoms with E-state index in [-0.39, 0.29) is 24.0 Å². The van der Waals surface area contributed by atoms with Gasteiger partial charge in [-0.2, -0.15) is 0 Å². The first-order valence-electron chi connectivity index (χ1n) is 7.95. The van der Waals surface area contributed by atoms with E-state index in [0.29, 0.717) is 13.1 Å². The van der Waals surface area contributed by atoms with Gasteiger partial charge in [0.2, 0.25) is 0 Å². The number of rotatable bonds is 4. The van der Waals surface area contributed by atoms with Gasteiger partial charge >= 0.3 is 6.09 Å². The van der Waals surface area contributed by atoms with Crippen molar-refractivity contribution in [3.05, 3.63) is 35.9 Å². The Kier molecular flexibility index (Phi) is 5.33. The fourth-order valence-corrected chi connectivity index (χ4v) is 2.69. The van der Waals surface area contributed by atoms with Crippen molar-refractivity contribution in [2.45, 2.75) is 38.5 Å². The minimum atomic E-state index is -0.519. The fourth-order valence-electron chi connectivity index (χ4n) is 2.69. The molecule has 2 rings (SSSR count). The van der Waals surface area contributed by atoms with Crippen LogP contribution in [0.4, 0.5) is 4.79 Å². The van der Waals surface area contributed by atoms with E-state index in [1.54, 1.807) is 11.9 Å². The van der Waals surface area contributed by atoms with Crippen LogP contribution in [0, 0.1) is 0 Å². The summed E-state index contributed by atoms with van der Waals surface area (Å²) in [4.78, 5) is 15.8. The molecule has 1 aromatic carbocycles. The Morgan fingerprint density at radius 2 is 1.96 bits per heavy atom. The lowest BCUT2D eigenvalue weighted by atomic mass is 9.98. The van der Waals surface area contributed by atoms with Gasteiger partial charge in [0, 0.05) is 20.1 Å². The molecule has 1 saturated heterocycles. The van der Waals surface area contributed by atoms with Crippen molar-refractivity contribution in [1.29, 1.82) is 0 Å². The number of likely N-dealkylation sites (N-methyl/N-ethyl adjacent to an activating group) is 1. The lowest BCUT2D eigenvalue weighted by molar-refractivity contribution is -0.00893. The van der Waals surface area contributed by atoms with Gasteiger partial charge in [0.05, 0.1) is 12.1 Å². The highest BCUT2D eigenvalue weighted by atomic mass is 16.6. The Balaban J connectivity index is 2.02. The monoisotopic (exact) mass is 334 g/mol. The second-order valence-corrected chi connectivity index (χ2v) is 7.04. The highest BCUT2D eigenvalue weighted by Gasteiger charge is 2.39. The first-order chi connectivity index (χ1) is 11.2. The van der Waals surface area contributed by atoms with Gasteiger partial charge in [-0.05, 0) is 26.3 Å². The van der Waals surface area contributed by atoms with E-state index in [0.717, 1.165) is 5.56 Å². The average molecular weight is 334 g/mol. The van der Waals surface area contributed by atoms with Crippen LogP contribution in [0.15, 0.2) is 35.5 Å². The van der Waals surface area contributed by atoms with E-state index in [1.807, 2.05) is 51.1 Å². The zero-order valence-corrected chi connectivity index (χ0v) is 14.6. The summed E-state index contributed by atoms with van der Waals surface area (Å²) in [7, 11) is 1.73. The third-order valence-electron chi connectivity index (χ3n) is 4.00. The Hall–Kier alpha value is -2.28. The Morgan fingerprint density at radius 1 is 1.38 bits per heavy atom.